The Morgan fingerprint density at radius 1 is 1.15 bits per heavy atom. The first-order valence-electron chi connectivity index (χ1n) is 10.9. The van der Waals surface area contributed by atoms with Crippen molar-refractivity contribution >= 4 is 23.2 Å². The number of halogens is 1. The van der Waals surface area contributed by atoms with Crippen molar-refractivity contribution in [3.63, 3.8) is 0 Å². The molecule has 9 nitrogen and oxygen atoms in total. The van der Waals surface area contributed by atoms with Gasteiger partial charge in [-0.25, -0.2) is 0 Å². The first-order valence-corrected chi connectivity index (χ1v) is 11.3. The molecule has 3 aromatic rings. The van der Waals surface area contributed by atoms with E-state index in [0.29, 0.717) is 47.0 Å². The molecular formula is C24H27ClN4O5. The summed E-state index contributed by atoms with van der Waals surface area (Å²) in [5.41, 5.74) is 1.37. The molecule has 34 heavy (non-hydrogen) atoms. The zero-order chi connectivity index (χ0) is 24.1. The molecule has 1 N–H and O–H groups in total. The van der Waals surface area contributed by atoms with Gasteiger partial charge < -0.3 is 24.1 Å². The first-order chi connectivity index (χ1) is 16.5. The lowest BCUT2D eigenvalue weighted by molar-refractivity contribution is -0.121. The van der Waals surface area contributed by atoms with Crippen molar-refractivity contribution in [2.75, 3.05) is 39.7 Å². The van der Waals surface area contributed by atoms with Crippen LogP contribution in [0.2, 0.25) is 5.02 Å². The minimum atomic E-state index is -0.191. The molecule has 2 aromatic carbocycles. The molecule has 0 aliphatic carbocycles. The van der Waals surface area contributed by atoms with Gasteiger partial charge >= 0.3 is 0 Å². The van der Waals surface area contributed by atoms with Crippen molar-refractivity contribution in [3.05, 3.63) is 47.3 Å². The quantitative estimate of drug-likeness (QED) is 0.504. The van der Waals surface area contributed by atoms with E-state index < -0.39 is 0 Å². The van der Waals surface area contributed by atoms with Gasteiger partial charge in [0.05, 0.1) is 44.5 Å². The summed E-state index contributed by atoms with van der Waals surface area (Å²) in [7, 11) is 4.67. The molecule has 1 aromatic heterocycles. The van der Waals surface area contributed by atoms with Gasteiger partial charge in [-0.15, -0.1) is 0 Å². The Kier molecular flexibility index (Phi) is 7.54. The van der Waals surface area contributed by atoms with E-state index in [4.69, 9.17) is 30.3 Å². The van der Waals surface area contributed by atoms with Crippen LogP contribution in [-0.4, -0.2) is 55.4 Å². The van der Waals surface area contributed by atoms with Crippen LogP contribution in [0.5, 0.6) is 17.2 Å². The third-order valence-electron chi connectivity index (χ3n) is 5.78. The third kappa shape index (κ3) is 5.43. The Bertz CT molecular complexity index is 1130. The molecule has 1 aliphatic rings. The maximum atomic E-state index is 13.0. The largest absolute Gasteiger partial charge is 0.497 e. The minimum absolute atomic E-state index is 0.0863. The highest BCUT2D eigenvalue weighted by molar-refractivity contribution is 6.32. The first kappa shape index (κ1) is 23.8. The number of carbonyl (C=O) groups is 1. The summed E-state index contributed by atoms with van der Waals surface area (Å²) in [5, 5.41) is 7.46. The van der Waals surface area contributed by atoms with Crippen LogP contribution in [0.4, 0.5) is 5.69 Å². The molecule has 0 radical (unpaired) electrons. The van der Waals surface area contributed by atoms with Gasteiger partial charge in [0.2, 0.25) is 17.6 Å². The number of piperidine rings is 1. The normalized spacial score (nSPS) is 16.2. The van der Waals surface area contributed by atoms with Gasteiger partial charge in [-0.3, -0.25) is 9.69 Å². The molecule has 1 fully saturated rings. The molecule has 4 rings (SSSR count). The number of rotatable bonds is 8. The molecule has 2 heterocycles. The fraction of sp³-hybridized carbons (Fsp3) is 0.375. The van der Waals surface area contributed by atoms with Crippen LogP contribution < -0.4 is 19.5 Å². The second kappa shape index (κ2) is 10.8. The Labute approximate surface area is 202 Å². The van der Waals surface area contributed by atoms with E-state index >= 15 is 0 Å². The van der Waals surface area contributed by atoms with E-state index in [-0.39, 0.29) is 11.8 Å². The number of hydrogen-bond acceptors (Lipinski definition) is 8. The van der Waals surface area contributed by atoms with E-state index in [1.165, 1.54) is 14.2 Å². The van der Waals surface area contributed by atoms with Gasteiger partial charge in [-0.1, -0.05) is 16.8 Å². The molecular weight excluding hydrogens is 460 g/mol. The van der Waals surface area contributed by atoms with Crippen molar-refractivity contribution < 1.29 is 23.5 Å². The van der Waals surface area contributed by atoms with Gasteiger partial charge in [0, 0.05) is 24.2 Å². The topological polar surface area (TPSA) is 99.0 Å². The molecule has 1 saturated heterocycles. The summed E-state index contributed by atoms with van der Waals surface area (Å²) in [4.78, 5) is 19.7. The third-order valence-corrected chi connectivity index (χ3v) is 6.08. The van der Waals surface area contributed by atoms with Crippen molar-refractivity contribution in [2.24, 2.45) is 5.92 Å². The standard InChI is InChI=1S/C24H27ClN4O5/c1-31-17-8-6-15(7-9-17)23-27-22(34-28-23)14-29-10-4-5-16(13-29)24(30)26-19-12-20(32-2)18(25)11-21(19)33-3/h6-9,11-12,16H,4-5,10,13-14H2,1-3H3,(H,26,30). The Morgan fingerprint density at radius 3 is 2.62 bits per heavy atom. The second-order valence-corrected chi connectivity index (χ2v) is 8.40. The van der Waals surface area contributed by atoms with Crippen molar-refractivity contribution in [3.8, 4) is 28.6 Å². The lowest BCUT2D eigenvalue weighted by atomic mass is 9.97. The number of nitrogens with one attached hydrogen (secondary N) is 1. The molecule has 1 aliphatic heterocycles. The van der Waals surface area contributed by atoms with E-state index in [1.807, 2.05) is 24.3 Å². The molecule has 1 unspecified atom stereocenters. The van der Waals surface area contributed by atoms with Crippen LogP contribution in [0.1, 0.15) is 18.7 Å². The Hall–Kier alpha value is -3.30. The molecule has 1 amide bonds. The van der Waals surface area contributed by atoms with Crippen LogP contribution in [-0.2, 0) is 11.3 Å². The zero-order valence-electron chi connectivity index (χ0n) is 19.3. The SMILES string of the molecule is COc1ccc(-c2noc(CN3CCCC(C(=O)Nc4cc(OC)c(Cl)cc4OC)C3)n2)cc1. The fourth-order valence-electron chi connectivity index (χ4n) is 3.97. The number of hydrogen-bond donors (Lipinski definition) is 1. The summed E-state index contributed by atoms with van der Waals surface area (Å²) in [6, 6.07) is 10.8. The maximum absolute atomic E-state index is 13.0. The van der Waals surface area contributed by atoms with E-state index in [9.17, 15) is 4.79 Å². The predicted molar refractivity (Wildman–Crippen MR) is 127 cm³/mol. The number of carbonyl (C=O) groups excluding carboxylic acids is 1. The number of nitrogens with zero attached hydrogens (tertiary/aromatic N) is 3. The molecule has 1 atom stereocenters. The molecule has 0 spiro atoms. The summed E-state index contributed by atoms with van der Waals surface area (Å²) in [6.07, 6.45) is 1.68. The average Bonchev–Trinajstić information content (AvgIpc) is 3.33. The Morgan fingerprint density at radius 2 is 1.91 bits per heavy atom. The number of methoxy groups -OCH3 is 3. The number of anilines is 1. The zero-order valence-corrected chi connectivity index (χ0v) is 20.1. The van der Waals surface area contributed by atoms with Crippen LogP contribution in [0.15, 0.2) is 40.9 Å². The summed E-state index contributed by atoms with van der Waals surface area (Å²) < 4.78 is 21.3. The molecule has 10 heteroatoms. The summed E-state index contributed by atoms with van der Waals surface area (Å²) >= 11 is 6.17. The second-order valence-electron chi connectivity index (χ2n) is 7.99. The number of aromatic nitrogens is 2. The van der Waals surface area contributed by atoms with Gasteiger partial charge in [-0.2, -0.15) is 4.98 Å². The highest BCUT2D eigenvalue weighted by Gasteiger charge is 2.28. The monoisotopic (exact) mass is 486 g/mol. The van der Waals surface area contributed by atoms with Crippen molar-refractivity contribution in [2.45, 2.75) is 19.4 Å². The number of ether oxygens (including phenoxy) is 3. The van der Waals surface area contributed by atoms with Gasteiger partial charge in [0.1, 0.15) is 17.2 Å². The summed E-state index contributed by atoms with van der Waals surface area (Å²) in [5.74, 6) is 2.46. The van der Waals surface area contributed by atoms with Gasteiger partial charge in [0.15, 0.2) is 0 Å². The summed E-state index contributed by atoms with van der Waals surface area (Å²) in [6.45, 7) is 1.91. The van der Waals surface area contributed by atoms with E-state index in [0.717, 1.165) is 30.7 Å². The number of benzene rings is 2. The minimum Gasteiger partial charge on any atom is -0.497 e. The van der Waals surface area contributed by atoms with Crippen LogP contribution >= 0.6 is 11.6 Å². The van der Waals surface area contributed by atoms with Crippen LogP contribution in [0.25, 0.3) is 11.4 Å². The average molecular weight is 487 g/mol. The van der Waals surface area contributed by atoms with Crippen molar-refractivity contribution in [1.82, 2.24) is 15.0 Å². The van der Waals surface area contributed by atoms with Crippen molar-refractivity contribution in [1.29, 1.82) is 0 Å². The number of likely N-dealkylation sites (tertiary alicyclic amines) is 1. The fourth-order valence-corrected chi connectivity index (χ4v) is 4.20. The van der Waals surface area contributed by atoms with Crippen LogP contribution in [0.3, 0.4) is 0 Å². The highest BCUT2D eigenvalue weighted by atomic mass is 35.5. The smallest absolute Gasteiger partial charge is 0.241 e. The lowest BCUT2D eigenvalue weighted by Gasteiger charge is -2.31. The lowest BCUT2D eigenvalue weighted by Crippen LogP contribution is -2.40. The van der Waals surface area contributed by atoms with Gasteiger partial charge in [0.25, 0.3) is 0 Å². The highest BCUT2D eigenvalue weighted by Crippen LogP contribution is 2.36. The Balaban J connectivity index is 1.39. The van der Waals surface area contributed by atoms with Gasteiger partial charge in [-0.05, 0) is 43.7 Å². The molecule has 0 saturated carbocycles. The molecule has 0 bridgehead atoms. The molecule has 180 valence electrons. The van der Waals surface area contributed by atoms with Crippen LogP contribution in [0, 0.1) is 5.92 Å². The van der Waals surface area contributed by atoms with E-state index in [2.05, 4.69) is 20.4 Å². The maximum Gasteiger partial charge on any atom is 0.241 e. The predicted octanol–water partition coefficient (Wildman–Crippen LogP) is 4.27. The number of amides is 1. The van der Waals surface area contributed by atoms with E-state index in [1.54, 1.807) is 19.2 Å².